The van der Waals surface area contributed by atoms with E-state index in [4.69, 9.17) is 9.26 Å². The molecule has 0 atom stereocenters. The Kier molecular flexibility index (Phi) is 4.78. The van der Waals surface area contributed by atoms with Crippen molar-refractivity contribution < 1.29 is 23.6 Å². The Morgan fingerprint density at radius 1 is 1.36 bits per heavy atom. The molecule has 1 aromatic carbocycles. The van der Waals surface area contributed by atoms with Gasteiger partial charge in [-0.1, -0.05) is 11.2 Å². The molecule has 0 bridgehead atoms. The molecule has 1 aromatic heterocycles. The highest BCUT2D eigenvalue weighted by Gasteiger charge is 2.22. The Hall–Kier alpha value is -3.16. The van der Waals surface area contributed by atoms with Crippen molar-refractivity contribution >= 4 is 29.3 Å². The second-order valence-corrected chi connectivity index (χ2v) is 5.65. The van der Waals surface area contributed by atoms with Crippen molar-refractivity contribution in [3.8, 4) is 0 Å². The number of benzene rings is 1. The van der Waals surface area contributed by atoms with Gasteiger partial charge in [-0.3, -0.25) is 9.59 Å². The summed E-state index contributed by atoms with van der Waals surface area (Å²) >= 11 is 0. The molecule has 0 unspecified atom stereocenters. The minimum atomic E-state index is -0.639. The number of nitrogens with one attached hydrogen (secondary N) is 1. The van der Waals surface area contributed by atoms with E-state index in [0.717, 1.165) is 6.42 Å². The summed E-state index contributed by atoms with van der Waals surface area (Å²) < 4.78 is 9.83. The molecule has 0 aliphatic carbocycles. The van der Waals surface area contributed by atoms with E-state index < -0.39 is 18.5 Å². The first-order valence-corrected chi connectivity index (χ1v) is 7.83. The summed E-state index contributed by atoms with van der Waals surface area (Å²) in [5, 5.41) is 6.08. The summed E-state index contributed by atoms with van der Waals surface area (Å²) in [6.45, 7) is 1.88. The van der Waals surface area contributed by atoms with Crippen LogP contribution in [0.1, 0.15) is 29.0 Å². The summed E-state index contributed by atoms with van der Waals surface area (Å²) in [7, 11) is 0. The van der Waals surface area contributed by atoms with Crippen LogP contribution in [0, 0.1) is 6.92 Å². The Morgan fingerprint density at radius 3 is 2.88 bits per heavy atom. The van der Waals surface area contributed by atoms with E-state index >= 15 is 0 Å². The molecule has 3 rings (SSSR count). The van der Waals surface area contributed by atoms with E-state index in [9.17, 15) is 14.4 Å². The smallest absolute Gasteiger partial charge is 0.338 e. The van der Waals surface area contributed by atoms with E-state index in [1.807, 2.05) is 0 Å². The average molecular weight is 343 g/mol. The maximum atomic E-state index is 12.1. The van der Waals surface area contributed by atoms with Gasteiger partial charge in [0, 0.05) is 24.7 Å². The monoisotopic (exact) mass is 343 g/mol. The number of hydrogen-bond donors (Lipinski definition) is 1. The molecule has 8 heteroatoms. The number of esters is 1. The normalized spacial score (nSPS) is 13.8. The molecule has 0 saturated carbocycles. The molecule has 8 nitrogen and oxygen atoms in total. The average Bonchev–Trinajstić information content (AvgIpc) is 3.21. The van der Waals surface area contributed by atoms with Crippen LogP contribution >= 0.6 is 0 Å². The molecule has 1 saturated heterocycles. The number of aromatic nitrogens is 1. The van der Waals surface area contributed by atoms with Gasteiger partial charge < -0.3 is 19.5 Å². The molecule has 0 spiro atoms. The molecule has 25 heavy (non-hydrogen) atoms. The number of nitrogens with zero attached hydrogens (tertiary/aromatic N) is 2. The van der Waals surface area contributed by atoms with Crippen LogP contribution in [0.4, 0.5) is 11.5 Å². The van der Waals surface area contributed by atoms with Crippen molar-refractivity contribution in [1.29, 1.82) is 0 Å². The SMILES string of the molecule is Cc1cc(NC(=O)COC(=O)c2cccc(N3CCCC3=O)c2)no1. The third-order valence-electron chi connectivity index (χ3n) is 3.70. The lowest BCUT2D eigenvalue weighted by molar-refractivity contribution is -0.119. The maximum absolute atomic E-state index is 12.1. The quantitative estimate of drug-likeness (QED) is 0.832. The van der Waals surface area contributed by atoms with Crippen molar-refractivity contribution in [2.45, 2.75) is 19.8 Å². The Balaban J connectivity index is 1.57. The maximum Gasteiger partial charge on any atom is 0.338 e. The molecule has 0 radical (unpaired) electrons. The van der Waals surface area contributed by atoms with E-state index in [2.05, 4.69) is 10.5 Å². The number of carbonyl (C=O) groups excluding carboxylic acids is 3. The van der Waals surface area contributed by atoms with Crippen LogP contribution in [0.25, 0.3) is 0 Å². The van der Waals surface area contributed by atoms with Gasteiger partial charge in [0.1, 0.15) is 5.76 Å². The standard InChI is InChI=1S/C17H17N3O5/c1-11-8-14(19-25-11)18-15(21)10-24-17(23)12-4-2-5-13(9-12)20-7-3-6-16(20)22/h2,4-5,8-9H,3,6-7,10H2,1H3,(H,18,19,21). The number of anilines is 2. The zero-order valence-electron chi connectivity index (χ0n) is 13.7. The molecule has 2 aromatic rings. The van der Waals surface area contributed by atoms with Crippen LogP contribution in [-0.2, 0) is 14.3 Å². The first kappa shape index (κ1) is 16.7. The summed E-state index contributed by atoms with van der Waals surface area (Å²) in [4.78, 5) is 37.3. The van der Waals surface area contributed by atoms with Crippen LogP contribution in [0.5, 0.6) is 0 Å². The van der Waals surface area contributed by atoms with Crippen molar-refractivity contribution in [3.63, 3.8) is 0 Å². The van der Waals surface area contributed by atoms with Crippen molar-refractivity contribution in [2.24, 2.45) is 0 Å². The molecule has 1 aliphatic rings. The van der Waals surface area contributed by atoms with Gasteiger partial charge in [-0.15, -0.1) is 0 Å². The van der Waals surface area contributed by atoms with E-state index in [-0.39, 0.29) is 17.3 Å². The highest BCUT2D eigenvalue weighted by Crippen LogP contribution is 2.22. The summed E-state index contributed by atoms with van der Waals surface area (Å²) in [6.07, 6.45) is 1.31. The second-order valence-electron chi connectivity index (χ2n) is 5.65. The lowest BCUT2D eigenvalue weighted by atomic mass is 10.2. The first-order valence-electron chi connectivity index (χ1n) is 7.83. The Bertz CT molecular complexity index is 814. The van der Waals surface area contributed by atoms with Gasteiger partial charge in [-0.2, -0.15) is 0 Å². The number of carbonyl (C=O) groups is 3. The second kappa shape index (κ2) is 7.16. The summed E-state index contributed by atoms with van der Waals surface area (Å²) in [5.74, 6) is -0.311. The number of ether oxygens (including phenoxy) is 1. The highest BCUT2D eigenvalue weighted by atomic mass is 16.5. The Labute approximate surface area is 143 Å². The van der Waals surface area contributed by atoms with Crippen molar-refractivity contribution in [2.75, 3.05) is 23.4 Å². The van der Waals surface area contributed by atoms with E-state index in [1.165, 1.54) is 0 Å². The van der Waals surface area contributed by atoms with Crippen LogP contribution in [-0.4, -0.2) is 36.1 Å². The van der Waals surface area contributed by atoms with Crippen LogP contribution in [0.3, 0.4) is 0 Å². The van der Waals surface area contributed by atoms with E-state index in [1.54, 1.807) is 42.2 Å². The number of rotatable bonds is 5. The molecule has 130 valence electrons. The molecule has 2 amide bonds. The van der Waals surface area contributed by atoms with Crippen molar-refractivity contribution in [3.05, 3.63) is 41.7 Å². The third kappa shape index (κ3) is 4.03. The van der Waals surface area contributed by atoms with Crippen LogP contribution < -0.4 is 10.2 Å². The lowest BCUT2D eigenvalue weighted by Gasteiger charge is -2.16. The zero-order valence-corrected chi connectivity index (χ0v) is 13.7. The fourth-order valence-corrected chi connectivity index (χ4v) is 2.54. The molecular weight excluding hydrogens is 326 g/mol. The van der Waals surface area contributed by atoms with Crippen LogP contribution in [0.2, 0.25) is 0 Å². The van der Waals surface area contributed by atoms with Gasteiger partial charge in [0.25, 0.3) is 5.91 Å². The predicted octanol–water partition coefficient (Wildman–Crippen LogP) is 1.91. The molecule has 1 fully saturated rings. The zero-order chi connectivity index (χ0) is 17.8. The first-order chi connectivity index (χ1) is 12.0. The van der Waals surface area contributed by atoms with Gasteiger partial charge in [-0.25, -0.2) is 4.79 Å². The number of aryl methyl sites for hydroxylation is 1. The van der Waals surface area contributed by atoms with Gasteiger partial charge in [-0.05, 0) is 31.5 Å². The third-order valence-corrected chi connectivity index (χ3v) is 3.70. The van der Waals surface area contributed by atoms with Gasteiger partial charge in [0.05, 0.1) is 5.56 Å². The fraction of sp³-hybridized carbons (Fsp3) is 0.294. The number of amides is 2. The highest BCUT2D eigenvalue weighted by molar-refractivity contribution is 5.98. The minimum Gasteiger partial charge on any atom is -0.452 e. The van der Waals surface area contributed by atoms with E-state index in [0.29, 0.717) is 24.4 Å². The minimum absolute atomic E-state index is 0.0350. The lowest BCUT2D eigenvalue weighted by Crippen LogP contribution is -2.24. The fourth-order valence-electron chi connectivity index (χ4n) is 2.54. The summed E-state index contributed by atoms with van der Waals surface area (Å²) in [5.41, 5.74) is 0.932. The van der Waals surface area contributed by atoms with Gasteiger partial charge in [0.15, 0.2) is 12.4 Å². The molecular formula is C17H17N3O5. The van der Waals surface area contributed by atoms with Crippen molar-refractivity contribution in [1.82, 2.24) is 5.16 Å². The topological polar surface area (TPSA) is 102 Å². The molecule has 2 heterocycles. The Morgan fingerprint density at radius 2 is 2.20 bits per heavy atom. The summed E-state index contributed by atoms with van der Waals surface area (Å²) in [6, 6.07) is 8.15. The largest absolute Gasteiger partial charge is 0.452 e. The van der Waals surface area contributed by atoms with Gasteiger partial charge in [0.2, 0.25) is 5.91 Å². The number of hydrogen-bond acceptors (Lipinski definition) is 6. The molecule has 1 aliphatic heterocycles. The van der Waals surface area contributed by atoms with Crippen LogP contribution in [0.15, 0.2) is 34.9 Å². The molecule has 1 N–H and O–H groups in total. The predicted molar refractivity (Wildman–Crippen MR) is 88.2 cm³/mol. The van der Waals surface area contributed by atoms with Gasteiger partial charge >= 0.3 is 5.97 Å².